The number of benzene rings is 2. The number of aromatic nitrogens is 4. The van der Waals surface area contributed by atoms with Crippen molar-refractivity contribution in [3.8, 4) is 11.3 Å². The number of nitrogens with one attached hydrogen (secondary N) is 3. The molecule has 3 N–H and O–H groups in total. The lowest BCUT2D eigenvalue weighted by atomic mass is 9.94. The fourth-order valence-corrected chi connectivity index (χ4v) is 4.34. The van der Waals surface area contributed by atoms with Crippen LogP contribution in [-0.2, 0) is 16.0 Å². The quantitative estimate of drug-likeness (QED) is 0.245. The average Bonchev–Trinajstić information content (AvgIpc) is 3.58. The molecular formula is C28H33N5O2. The van der Waals surface area contributed by atoms with Gasteiger partial charge in [0.2, 0.25) is 5.91 Å². The van der Waals surface area contributed by atoms with E-state index in [9.17, 15) is 9.59 Å². The highest BCUT2D eigenvalue weighted by atomic mass is 16.1. The molecule has 2 aromatic carbocycles. The summed E-state index contributed by atoms with van der Waals surface area (Å²) in [4.78, 5) is 32.4. The first-order valence-electron chi connectivity index (χ1n) is 12.4. The normalized spacial score (nSPS) is 12.0. The molecule has 4 aromatic rings. The molecule has 0 spiro atoms. The zero-order valence-corrected chi connectivity index (χ0v) is 20.2. The maximum absolute atomic E-state index is 12.3. The minimum Gasteiger partial charge on any atom is -0.356 e. The van der Waals surface area contributed by atoms with Gasteiger partial charge in [-0.1, -0.05) is 43.3 Å². The molecule has 0 fully saturated rings. The molecule has 0 saturated heterocycles. The zero-order chi connectivity index (χ0) is 24.5. The predicted octanol–water partition coefficient (Wildman–Crippen LogP) is 5.33. The van der Waals surface area contributed by atoms with Crippen LogP contribution in [0.15, 0.2) is 61.1 Å². The molecular weight excluding hydrogens is 438 g/mol. The third-order valence-electron chi connectivity index (χ3n) is 6.46. The Morgan fingerprint density at radius 1 is 1.03 bits per heavy atom. The number of Topliss-reactive ketones (excluding diaryl/α,β-unsaturated/α-hetero) is 1. The third kappa shape index (κ3) is 6.88. The molecule has 7 heteroatoms. The second kappa shape index (κ2) is 12.1. The Bertz CT molecular complexity index is 1250. The van der Waals surface area contributed by atoms with Gasteiger partial charge in [0, 0.05) is 43.5 Å². The van der Waals surface area contributed by atoms with Gasteiger partial charge in [0.05, 0.1) is 18.1 Å². The van der Waals surface area contributed by atoms with Gasteiger partial charge in [-0.3, -0.25) is 14.7 Å². The van der Waals surface area contributed by atoms with Crippen molar-refractivity contribution in [1.29, 1.82) is 0 Å². The number of amides is 1. The smallest absolute Gasteiger partial charge is 0.220 e. The van der Waals surface area contributed by atoms with E-state index in [-0.39, 0.29) is 17.6 Å². The summed E-state index contributed by atoms with van der Waals surface area (Å²) < 4.78 is 0. The molecule has 0 aliphatic heterocycles. The van der Waals surface area contributed by atoms with Crippen LogP contribution in [0.25, 0.3) is 22.0 Å². The van der Waals surface area contributed by atoms with Gasteiger partial charge in [-0.25, -0.2) is 4.98 Å². The summed E-state index contributed by atoms with van der Waals surface area (Å²) >= 11 is 0. The molecule has 1 atom stereocenters. The van der Waals surface area contributed by atoms with Crippen LogP contribution in [0.1, 0.15) is 62.8 Å². The number of H-pyrrole nitrogens is 2. The predicted molar refractivity (Wildman–Crippen MR) is 138 cm³/mol. The average molecular weight is 472 g/mol. The molecule has 0 bridgehead atoms. The Morgan fingerprint density at radius 2 is 1.89 bits per heavy atom. The van der Waals surface area contributed by atoms with Crippen molar-refractivity contribution in [3.05, 3.63) is 72.4 Å². The Morgan fingerprint density at radius 3 is 2.69 bits per heavy atom. The summed E-state index contributed by atoms with van der Waals surface area (Å²) in [6, 6.07) is 14.7. The number of carbonyl (C=O) groups excluding carboxylic acids is 2. The summed E-state index contributed by atoms with van der Waals surface area (Å²) in [5.41, 5.74) is 3.13. The second-order valence-corrected chi connectivity index (χ2v) is 8.97. The van der Waals surface area contributed by atoms with Crippen LogP contribution in [-0.4, -0.2) is 38.4 Å². The van der Waals surface area contributed by atoms with E-state index in [1.165, 1.54) is 10.8 Å². The van der Waals surface area contributed by atoms with Crippen molar-refractivity contribution in [1.82, 2.24) is 25.5 Å². The van der Waals surface area contributed by atoms with Gasteiger partial charge < -0.3 is 10.3 Å². The van der Waals surface area contributed by atoms with E-state index in [2.05, 4.69) is 55.8 Å². The van der Waals surface area contributed by atoms with Gasteiger partial charge in [0.25, 0.3) is 0 Å². The monoisotopic (exact) mass is 471 g/mol. The molecule has 0 aliphatic rings. The molecule has 35 heavy (non-hydrogen) atoms. The van der Waals surface area contributed by atoms with Crippen LogP contribution in [0.2, 0.25) is 0 Å². The van der Waals surface area contributed by atoms with Gasteiger partial charge >= 0.3 is 0 Å². The highest BCUT2D eigenvalue weighted by Crippen LogP contribution is 2.29. The van der Waals surface area contributed by atoms with Crippen molar-refractivity contribution >= 4 is 22.5 Å². The molecule has 182 valence electrons. The molecule has 0 aliphatic carbocycles. The summed E-state index contributed by atoms with van der Waals surface area (Å²) in [6.07, 6.45) is 10.1. The Kier molecular flexibility index (Phi) is 8.44. The lowest BCUT2D eigenvalue weighted by Gasteiger charge is -2.14. The molecule has 1 amide bonds. The maximum atomic E-state index is 12.3. The first kappa shape index (κ1) is 24.4. The summed E-state index contributed by atoms with van der Waals surface area (Å²) in [5.74, 6) is 1.30. The van der Waals surface area contributed by atoms with Gasteiger partial charge in [0.1, 0.15) is 11.6 Å². The van der Waals surface area contributed by atoms with Crippen LogP contribution < -0.4 is 5.32 Å². The van der Waals surface area contributed by atoms with Crippen molar-refractivity contribution in [3.63, 3.8) is 0 Å². The van der Waals surface area contributed by atoms with E-state index in [0.717, 1.165) is 48.3 Å². The number of nitrogens with zero attached hydrogens (tertiary/aromatic N) is 2. The standard InChI is InChI=1S/C28H33N5O2/c1-2-25(34)13-12-22(8-5-9-27(35)29-15-14-20-17-31-32-18-20)28-30-19-26(33-28)24-11-10-21-6-3-4-7-23(21)16-24/h3-4,6-7,10-11,16-19,22H,2,5,8-9,12-15H2,1H3,(H,29,35)(H,30,33)(H,31,32). The largest absolute Gasteiger partial charge is 0.356 e. The van der Waals surface area contributed by atoms with Crippen LogP contribution in [0.4, 0.5) is 0 Å². The van der Waals surface area contributed by atoms with Gasteiger partial charge in [-0.2, -0.15) is 5.10 Å². The molecule has 7 nitrogen and oxygen atoms in total. The van der Waals surface area contributed by atoms with Crippen LogP contribution in [0.5, 0.6) is 0 Å². The van der Waals surface area contributed by atoms with Crippen LogP contribution >= 0.6 is 0 Å². The first-order valence-corrected chi connectivity index (χ1v) is 12.4. The fourth-order valence-electron chi connectivity index (χ4n) is 4.34. The maximum Gasteiger partial charge on any atom is 0.220 e. The zero-order valence-electron chi connectivity index (χ0n) is 20.2. The fraction of sp³-hybridized carbons (Fsp3) is 0.357. The van der Waals surface area contributed by atoms with E-state index in [0.29, 0.717) is 25.8 Å². The lowest BCUT2D eigenvalue weighted by Crippen LogP contribution is -2.25. The van der Waals surface area contributed by atoms with Crippen molar-refractivity contribution < 1.29 is 9.59 Å². The first-order chi connectivity index (χ1) is 17.1. The van der Waals surface area contributed by atoms with Gasteiger partial charge in [-0.05, 0) is 48.1 Å². The summed E-state index contributed by atoms with van der Waals surface area (Å²) in [5, 5.41) is 12.1. The van der Waals surface area contributed by atoms with Crippen molar-refractivity contribution in [2.75, 3.05) is 6.54 Å². The van der Waals surface area contributed by atoms with Crippen LogP contribution in [0.3, 0.4) is 0 Å². The number of hydrogen-bond acceptors (Lipinski definition) is 4. The Balaban J connectivity index is 1.36. The van der Waals surface area contributed by atoms with Gasteiger partial charge in [0.15, 0.2) is 0 Å². The topological polar surface area (TPSA) is 104 Å². The number of imidazole rings is 1. The van der Waals surface area contributed by atoms with E-state index in [1.54, 1.807) is 6.20 Å². The molecule has 4 rings (SSSR count). The minimum atomic E-state index is 0.0492. The molecule has 0 saturated carbocycles. The number of carbonyl (C=O) groups is 2. The van der Waals surface area contributed by atoms with Crippen molar-refractivity contribution in [2.24, 2.45) is 0 Å². The third-order valence-corrected chi connectivity index (χ3v) is 6.46. The Hall–Kier alpha value is -3.74. The number of aromatic amines is 2. The number of rotatable bonds is 13. The Labute approximate surface area is 205 Å². The SMILES string of the molecule is CCC(=O)CCC(CCCC(=O)NCCc1cn[nH]c1)c1ncc(-c2ccc3ccccc3c2)[nH]1. The number of hydrogen-bond donors (Lipinski definition) is 3. The van der Waals surface area contributed by atoms with E-state index >= 15 is 0 Å². The van der Waals surface area contributed by atoms with Crippen LogP contribution in [0, 0.1) is 0 Å². The molecule has 2 aromatic heterocycles. The molecule has 2 heterocycles. The lowest BCUT2D eigenvalue weighted by molar-refractivity contribution is -0.121. The summed E-state index contributed by atoms with van der Waals surface area (Å²) in [7, 11) is 0. The van der Waals surface area contributed by atoms with E-state index in [4.69, 9.17) is 0 Å². The molecule has 1 unspecified atom stereocenters. The number of fused-ring (bicyclic) bond motifs is 1. The van der Waals surface area contributed by atoms with E-state index < -0.39 is 0 Å². The minimum absolute atomic E-state index is 0.0492. The van der Waals surface area contributed by atoms with Gasteiger partial charge in [-0.15, -0.1) is 0 Å². The highest BCUT2D eigenvalue weighted by molar-refractivity contribution is 5.86. The van der Waals surface area contributed by atoms with E-state index in [1.807, 2.05) is 31.5 Å². The highest BCUT2D eigenvalue weighted by Gasteiger charge is 2.18. The summed E-state index contributed by atoms with van der Waals surface area (Å²) in [6.45, 7) is 2.50. The molecule has 0 radical (unpaired) electrons. The number of ketones is 1. The van der Waals surface area contributed by atoms with Crippen molar-refractivity contribution in [2.45, 2.75) is 57.8 Å². The second-order valence-electron chi connectivity index (χ2n) is 8.97.